The maximum Gasteiger partial charge on any atom is 0.0741 e. The number of nitrogens with zero attached hydrogens (tertiary/aromatic N) is 3. The lowest BCUT2D eigenvalue weighted by Gasteiger charge is -1.99. The molecular weight excluding hydrogens is 198 g/mol. The third kappa shape index (κ3) is 1.46. The molecule has 3 nitrogen and oxygen atoms in total. The van der Waals surface area contributed by atoms with Gasteiger partial charge in [0.05, 0.1) is 17.4 Å². The summed E-state index contributed by atoms with van der Waals surface area (Å²) in [6.45, 7) is 0. The molecule has 0 atom stereocenters. The summed E-state index contributed by atoms with van der Waals surface area (Å²) in [5.74, 6) is 0. The average molecular weight is 209 g/mol. The van der Waals surface area contributed by atoms with Crippen molar-refractivity contribution in [2.75, 3.05) is 0 Å². The first-order chi connectivity index (χ1) is 7.83. The molecule has 0 saturated carbocycles. The standard InChI is InChI=1S/C13H11N3/c1-16-9-11(8-14-16)13-7-6-10-4-2-3-5-12(10)15-13/h2-9H,1H3. The van der Waals surface area contributed by atoms with Crippen molar-refractivity contribution in [1.29, 1.82) is 0 Å². The van der Waals surface area contributed by atoms with Crippen LogP contribution in [-0.4, -0.2) is 14.8 Å². The number of fused-ring (bicyclic) bond motifs is 1. The van der Waals surface area contributed by atoms with E-state index in [0.717, 1.165) is 22.2 Å². The fourth-order valence-electron chi connectivity index (χ4n) is 1.78. The zero-order chi connectivity index (χ0) is 11.0. The molecule has 0 fully saturated rings. The van der Waals surface area contributed by atoms with Gasteiger partial charge in [-0.25, -0.2) is 4.98 Å². The van der Waals surface area contributed by atoms with E-state index in [1.54, 1.807) is 4.68 Å². The summed E-state index contributed by atoms with van der Waals surface area (Å²) < 4.78 is 1.78. The topological polar surface area (TPSA) is 30.7 Å². The van der Waals surface area contributed by atoms with Gasteiger partial charge in [-0.1, -0.05) is 24.3 Å². The summed E-state index contributed by atoms with van der Waals surface area (Å²) in [6.07, 6.45) is 3.80. The van der Waals surface area contributed by atoms with Crippen molar-refractivity contribution in [3.63, 3.8) is 0 Å². The molecule has 0 unspecified atom stereocenters. The van der Waals surface area contributed by atoms with E-state index in [2.05, 4.69) is 22.2 Å². The van der Waals surface area contributed by atoms with Gasteiger partial charge in [0.15, 0.2) is 0 Å². The normalized spacial score (nSPS) is 10.8. The van der Waals surface area contributed by atoms with Crippen LogP contribution in [0.4, 0.5) is 0 Å². The average Bonchev–Trinajstić information content (AvgIpc) is 2.75. The van der Waals surface area contributed by atoms with Crippen LogP contribution < -0.4 is 0 Å². The van der Waals surface area contributed by atoms with Crippen LogP contribution >= 0.6 is 0 Å². The Kier molecular flexibility index (Phi) is 1.96. The second kappa shape index (κ2) is 3.45. The van der Waals surface area contributed by atoms with Crippen LogP contribution in [0.5, 0.6) is 0 Å². The van der Waals surface area contributed by atoms with Crippen LogP contribution in [0.3, 0.4) is 0 Å². The third-order valence-corrected chi connectivity index (χ3v) is 2.60. The molecule has 78 valence electrons. The summed E-state index contributed by atoms with van der Waals surface area (Å²) in [6, 6.07) is 12.2. The van der Waals surface area contributed by atoms with Gasteiger partial charge >= 0.3 is 0 Å². The van der Waals surface area contributed by atoms with Gasteiger partial charge < -0.3 is 0 Å². The highest BCUT2D eigenvalue weighted by atomic mass is 15.2. The first kappa shape index (κ1) is 9.09. The summed E-state index contributed by atoms with van der Waals surface area (Å²) in [5.41, 5.74) is 3.03. The number of hydrogen-bond acceptors (Lipinski definition) is 2. The van der Waals surface area contributed by atoms with E-state index in [1.807, 2.05) is 43.7 Å². The molecule has 3 rings (SSSR count). The highest BCUT2D eigenvalue weighted by Crippen LogP contribution is 2.19. The number of pyridine rings is 1. The molecule has 0 aliphatic heterocycles. The van der Waals surface area contributed by atoms with Crippen LogP contribution in [-0.2, 0) is 7.05 Å². The molecule has 0 aliphatic carbocycles. The zero-order valence-corrected chi connectivity index (χ0v) is 8.96. The maximum atomic E-state index is 4.61. The lowest BCUT2D eigenvalue weighted by molar-refractivity contribution is 0.768. The Morgan fingerprint density at radius 3 is 2.75 bits per heavy atom. The molecule has 3 heteroatoms. The van der Waals surface area contributed by atoms with Crippen molar-refractivity contribution in [1.82, 2.24) is 14.8 Å². The predicted molar refractivity (Wildman–Crippen MR) is 63.9 cm³/mol. The smallest absolute Gasteiger partial charge is 0.0741 e. The molecule has 2 heterocycles. The van der Waals surface area contributed by atoms with Gasteiger partial charge in [0.1, 0.15) is 0 Å². The minimum Gasteiger partial charge on any atom is -0.275 e. The Morgan fingerprint density at radius 2 is 1.94 bits per heavy atom. The van der Waals surface area contributed by atoms with Crippen LogP contribution in [0, 0.1) is 0 Å². The van der Waals surface area contributed by atoms with E-state index in [4.69, 9.17) is 0 Å². The Balaban J connectivity index is 2.18. The van der Waals surface area contributed by atoms with Gasteiger partial charge in [-0.15, -0.1) is 0 Å². The van der Waals surface area contributed by atoms with Crippen LogP contribution in [0.15, 0.2) is 48.8 Å². The Hall–Kier alpha value is -2.16. The highest BCUT2D eigenvalue weighted by molar-refractivity contribution is 5.81. The number of aromatic nitrogens is 3. The molecule has 0 aliphatic rings. The number of rotatable bonds is 1. The fraction of sp³-hybridized carbons (Fsp3) is 0.0769. The van der Waals surface area contributed by atoms with Crippen molar-refractivity contribution >= 4 is 10.9 Å². The number of para-hydroxylation sites is 1. The van der Waals surface area contributed by atoms with E-state index in [-0.39, 0.29) is 0 Å². The van der Waals surface area contributed by atoms with E-state index in [1.165, 1.54) is 0 Å². The number of hydrogen-bond donors (Lipinski definition) is 0. The van der Waals surface area contributed by atoms with Gasteiger partial charge in [0.2, 0.25) is 0 Å². The lowest BCUT2D eigenvalue weighted by Crippen LogP contribution is -1.85. The van der Waals surface area contributed by atoms with Crippen molar-refractivity contribution in [2.24, 2.45) is 7.05 Å². The minimum absolute atomic E-state index is 0.965. The maximum absolute atomic E-state index is 4.61. The third-order valence-electron chi connectivity index (χ3n) is 2.60. The molecule has 0 N–H and O–H groups in total. The molecule has 2 aromatic heterocycles. The quantitative estimate of drug-likeness (QED) is 0.616. The van der Waals surface area contributed by atoms with Gasteiger partial charge in [-0.05, 0) is 12.1 Å². The first-order valence-corrected chi connectivity index (χ1v) is 5.18. The number of aryl methyl sites for hydroxylation is 1. The SMILES string of the molecule is Cn1cc(-c2ccc3ccccc3n2)cn1. The molecule has 1 aromatic carbocycles. The van der Waals surface area contributed by atoms with Crippen molar-refractivity contribution in [2.45, 2.75) is 0 Å². The monoisotopic (exact) mass is 209 g/mol. The largest absolute Gasteiger partial charge is 0.275 e. The zero-order valence-electron chi connectivity index (χ0n) is 8.96. The molecule has 3 aromatic rings. The van der Waals surface area contributed by atoms with E-state index in [9.17, 15) is 0 Å². The molecule has 0 amide bonds. The van der Waals surface area contributed by atoms with Crippen molar-refractivity contribution < 1.29 is 0 Å². The summed E-state index contributed by atoms with van der Waals surface area (Å²) in [5, 5.41) is 5.31. The molecule has 0 spiro atoms. The fourth-order valence-corrected chi connectivity index (χ4v) is 1.78. The number of benzene rings is 1. The van der Waals surface area contributed by atoms with E-state index < -0.39 is 0 Å². The molecule has 0 bridgehead atoms. The Bertz CT molecular complexity index is 640. The van der Waals surface area contributed by atoms with Crippen LogP contribution in [0.2, 0.25) is 0 Å². The molecule has 0 radical (unpaired) electrons. The second-order valence-electron chi connectivity index (χ2n) is 3.79. The van der Waals surface area contributed by atoms with Gasteiger partial charge in [-0.2, -0.15) is 5.10 Å². The van der Waals surface area contributed by atoms with Crippen LogP contribution in [0.25, 0.3) is 22.2 Å². The first-order valence-electron chi connectivity index (χ1n) is 5.18. The molecule has 0 saturated heterocycles. The summed E-state index contributed by atoms with van der Waals surface area (Å²) in [7, 11) is 1.91. The summed E-state index contributed by atoms with van der Waals surface area (Å²) in [4.78, 5) is 4.61. The highest BCUT2D eigenvalue weighted by Gasteiger charge is 2.02. The van der Waals surface area contributed by atoms with Crippen LogP contribution in [0.1, 0.15) is 0 Å². The van der Waals surface area contributed by atoms with E-state index >= 15 is 0 Å². The second-order valence-corrected chi connectivity index (χ2v) is 3.79. The molecule has 16 heavy (non-hydrogen) atoms. The van der Waals surface area contributed by atoms with Gasteiger partial charge in [0.25, 0.3) is 0 Å². The van der Waals surface area contributed by atoms with E-state index in [0.29, 0.717) is 0 Å². The Morgan fingerprint density at radius 1 is 1.06 bits per heavy atom. The Labute approximate surface area is 93.4 Å². The van der Waals surface area contributed by atoms with Crippen molar-refractivity contribution in [3.8, 4) is 11.3 Å². The van der Waals surface area contributed by atoms with Gasteiger partial charge in [-0.3, -0.25) is 4.68 Å². The van der Waals surface area contributed by atoms with Crippen molar-refractivity contribution in [3.05, 3.63) is 48.8 Å². The summed E-state index contributed by atoms with van der Waals surface area (Å²) >= 11 is 0. The minimum atomic E-state index is 0.965. The molecular formula is C13H11N3. The lowest BCUT2D eigenvalue weighted by atomic mass is 10.1. The van der Waals surface area contributed by atoms with Gasteiger partial charge in [0, 0.05) is 24.2 Å². The predicted octanol–water partition coefficient (Wildman–Crippen LogP) is 2.64.